The first kappa shape index (κ1) is 15.7. The summed E-state index contributed by atoms with van der Waals surface area (Å²) in [5, 5.41) is 24.0. The van der Waals surface area contributed by atoms with E-state index in [1.54, 1.807) is 0 Å². The van der Waals surface area contributed by atoms with E-state index < -0.39 is 5.41 Å². The lowest BCUT2D eigenvalue weighted by Gasteiger charge is -2.30. The van der Waals surface area contributed by atoms with E-state index in [1.165, 1.54) is 6.33 Å². The van der Waals surface area contributed by atoms with Crippen molar-refractivity contribution in [2.45, 2.75) is 38.6 Å². The number of aliphatic hydroxyl groups excluding tert-OH is 2. The Morgan fingerprint density at radius 3 is 2.29 bits per heavy atom. The van der Waals surface area contributed by atoms with Gasteiger partial charge in [-0.2, -0.15) is 5.10 Å². The standard InChI is InChI=1S/C16H23N3O2/c1-12(2)19-15(17-11-18-19)8-16(9-20,10-21)14-6-4-13(3)5-7-14/h4-7,11-12,20-21H,8-10H2,1-3H3. The number of nitrogens with zero attached hydrogens (tertiary/aromatic N) is 3. The van der Waals surface area contributed by atoms with Crippen LogP contribution in [0.5, 0.6) is 0 Å². The van der Waals surface area contributed by atoms with E-state index in [2.05, 4.69) is 10.1 Å². The second-order valence-corrected chi connectivity index (χ2v) is 5.85. The first-order valence-electron chi connectivity index (χ1n) is 7.19. The van der Waals surface area contributed by atoms with Crippen LogP contribution in [0.3, 0.4) is 0 Å². The summed E-state index contributed by atoms with van der Waals surface area (Å²) in [5.74, 6) is 0.772. The van der Waals surface area contributed by atoms with Gasteiger partial charge < -0.3 is 10.2 Å². The zero-order chi connectivity index (χ0) is 15.5. The molecule has 0 aliphatic carbocycles. The summed E-state index contributed by atoms with van der Waals surface area (Å²) >= 11 is 0. The fraction of sp³-hybridized carbons (Fsp3) is 0.500. The van der Waals surface area contributed by atoms with Crippen molar-refractivity contribution in [3.8, 4) is 0 Å². The Kier molecular flexibility index (Phi) is 4.75. The molecule has 0 atom stereocenters. The maximum absolute atomic E-state index is 9.91. The van der Waals surface area contributed by atoms with Crippen molar-refractivity contribution in [2.75, 3.05) is 13.2 Å². The van der Waals surface area contributed by atoms with Crippen molar-refractivity contribution in [1.82, 2.24) is 14.8 Å². The fourth-order valence-electron chi connectivity index (χ4n) is 2.49. The van der Waals surface area contributed by atoms with Crippen LogP contribution in [-0.4, -0.2) is 38.2 Å². The number of hydrogen-bond donors (Lipinski definition) is 2. The van der Waals surface area contributed by atoms with E-state index >= 15 is 0 Å². The molecule has 2 aromatic rings. The molecule has 0 aliphatic rings. The molecule has 0 fully saturated rings. The van der Waals surface area contributed by atoms with Gasteiger partial charge in [0.05, 0.1) is 13.2 Å². The third-order valence-electron chi connectivity index (χ3n) is 3.90. The highest BCUT2D eigenvalue weighted by Crippen LogP contribution is 2.28. The van der Waals surface area contributed by atoms with Crippen LogP contribution < -0.4 is 0 Å². The first-order valence-corrected chi connectivity index (χ1v) is 7.19. The molecule has 0 saturated heterocycles. The molecule has 2 N–H and O–H groups in total. The molecule has 5 heteroatoms. The largest absolute Gasteiger partial charge is 0.395 e. The highest BCUT2D eigenvalue weighted by Gasteiger charge is 2.33. The third kappa shape index (κ3) is 3.14. The normalized spacial score (nSPS) is 12.1. The lowest BCUT2D eigenvalue weighted by Crippen LogP contribution is -2.38. The third-order valence-corrected chi connectivity index (χ3v) is 3.90. The van der Waals surface area contributed by atoms with Crippen LogP contribution in [0.25, 0.3) is 0 Å². The minimum Gasteiger partial charge on any atom is -0.395 e. The van der Waals surface area contributed by atoms with Gasteiger partial charge in [-0.25, -0.2) is 9.67 Å². The van der Waals surface area contributed by atoms with Crippen LogP contribution in [-0.2, 0) is 11.8 Å². The first-order chi connectivity index (χ1) is 10.0. The number of hydrogen-bond acceptors (Lipinski definition) is 4. The monoisotopic (exact) mass is 289 g/mol. The van der Waals surface area contributed by atoms with Crippen LogP contribution in [0.2, 0.25) is 0 Å². The minimum atomic E-state index is -0.743. The fourth-order valence-corrected chi connectivity index (χ4v) is 2.49. The Morgan fingerprint density at radius 2 is 1.76 bits per heavy atom. The van der Waals surface area contributed by atoms with Crippen LogP contribution in [0.1, 0.15) is 36.8 Å². The van der Waals surface area contributed by atoms with Crippen molar-refractivity contribution in [1.29, 1.82) is 0 Å². The van der Waals surface area contributed by atoms with Crippen molar-refractivity contribution >= 4 is 0 Å². The molecule has 0 aliphatic heterocycles. The number of benzene rings is 1. The highest BCUT2D eigenvalue weighted by atomic mass is 16.3. The van der Waals surface area contributed by atoms with E-state index in [4.69, 9.17) is 0 Å². The molecule has 0 unspecified atom stereocenters. The van der Waals surface area contributed by atoms with Crippen LogP contribution in [0.15, 0.2) is 30.6 Å². The number of aliphatic hydroxyl groups is 2. The molecule has 0 saturated carbocycles. The molecule has 1 aromatic carbocycles. The molecule has 1 aromatic heterocycles. The Labute approximate surface area is 125 Å². The highest BCUT2D eigenvalue weighted by molar-refractivity contribution is 5.30. The number of aromatic nitrogens is 3. The summed E-state index contributed by atoms with van der Waals surface area (Å²) in [7, 11) is 0. The molecule has 0 radical (unpaired) electrons. The predicted octanol–water partition coefficient (Wildman–Crippen LogP) is 1.63. The molecular weight excluding hydrogens is 266 g/mol. The Morgan fingerprint density at radius 1 is 1.14 bits per heavy atom. The van der Waals surface area contributed by atoms with Gasteiger partial charge in [0.25, 0.3) is 0 Å². The molecule has 5 nitrogen and oxygen atoms in total. The van der Waals surface area contributed by atoms with E-state index in [9.17, 15) is 10.2 Å². The number of rotatable bonds is 6. The molecule has 0 spiro atoms. The molecular formula is C16H23N3O2. The summed E-state index contributed by atoms with van der Waals surface area (Å²) in [6, 6.07) is 8.08. The van der Waals surface area contributed by atoms with E-state index in [0.717, 1.165) is 17.0 Å². The molecule has 0 amide bonds. The van der Waals surface area contributed by atoms with E-state index in [-0.39, 0.29) is 19.3 Å². The summed E-state index contributed by atoms with van der Waals surface area (Å²) < 4.78 is 1.83. The molecule has 2 rings (SSSR count). The van der Waals surface area contributed by atoms with Crippen LogP contribution in [0, 0.1) is 6.92 Å². The van der Waals surface area contributed by atoms with Crippen LogP contribution >= 0.6 is 0 Å². The quantitative estimate of drug-likeness (QED) is 0.848. The van der Waals surface area contributed by atoms with Gasteiger partial charge in [-0.1, -0.05) is 29.8 Å². The zero-order valence-electron chi connectivity index (χ0n) is 12.8. The van der Waals surface area contributed by atoms with E-state index in [0.29, 0.717) is 6.42 Å². The van der Waals surface area contributed by atoms with Gasteiger partial charge in [-0.05, 0) is 26.3 Å². The van der Waals surface area contributed by atoms with Crippen molar-refractivity contribution < 1.29 is 10.2 Å². The van der Waals surface area contributed by atoms with Gasteiger partial charge in [-0.15, -0.1) is 0 Å². The predicted molar refractivity (Wildman–Crippen MR) is 81.1 cm³/mol. The van der Waals surface area contributed by atoms with Crippen LogP contribution in [0.4, 0.5) is 0 Å². The SMILES string of the molecule is Cc1ccc(C(CO)(CO)Cc2ncnn2C(C)C)cc1. The van der Waals surface area contributed by atoms with Gasteiger partial charge in [0.15, 0.2) is 0 Å². The van der Waals surface area contributed by atoms with Gasteiger partial charge in [0, 0.05) is 17.9 Å². The van der Waals surface area contributed by atoms with Crippen molar-refractivity contribution in [3.63, 3.8) is 0 Å². The summed E-state index contributed by atoms with van der Waals surface area (Å²) in [6.07, 6.45) is 1.96. The smallest absolute Gasteiger partial charge is 0.138 e. The Bertz CT molecular complexity index is 571. The van der Waals surface area contributed by atoms with Gasteiger partial charge in [0.2, 0.25) is 0 Å². The molecule has 0 bridgehead atoms. The second kappa shape index (κ2) is 6.37. The Balaban J connectivity index is 2.38. The number of aryl methyl sites for hydroxylation is 1. The summed E-state index contributed by atoms with van der Waals surface area (Å²) in [4.78, 5) is 4.29. The van der Waals surface area contributed by atoms with Gasteiger partial charge in [0.1, 0.15) is 12.2 Å². The Hall–Kier alpha value is -1.72. The molecule has 21 heavy (non-hydrogen) atoms. The second-order valence-electron chi connectivity index (χ2n) is 5.85. The zero-order valence-corrected chi connectivity index (χ0v) is 12.8. The minimum absolute atomic E-state index is 0.141. The summed E-state index contributed by atoms with van der Waals surface area (Å²) in [5.41, 5.74) is 1.32. The molecule has 1 heterocycles. The van der Waals surface area contributed by atoms with Crippen molar-refractivity contribution in [3.05, 3.63) is 47.5 Å². The van der Waals surface area contributed by atoms with Gasteiger partial charge >= 0.3 is 0 Å². The lowest BCUT2D eigenvalue weighted by molar-refractivity contribution is 0.113. The topological polar surface area (TPSA) is 71.2 Å². The van der Waals surface area contributed by atoms with E-state index in [1.807, 2.05) is 49.7 Å². The van der Waals surface area contributed by atoms with Gasteiger partial charge in [-0.3, -0.25) is 0 Å². The van der Waals surface area contributed by atoms with Crippen molar-refractivity contribution in [2.24, 2.45) is 0 Å². The maximum atomic E-state index is 9.91. The average molecular weight is 289 g/mol. The average Bonchev–Trinajstić information content (AvgIpc) is 2.94. The molecule has 114 valence electrons. The summed E-state index contributed by atoms with van der Waals surface area (Å²) in [6.45, 7) is 5.79. The lowest BCUT2D eigenvalue weighted by atomic mass is 9.78. The maximum Gasteiger partial charge on any atom is 0.138 e.